The highest BCUT2D eigenvalue weighted by molar-refractivity contribution is 6.32. The van der Waals surface area contributed by atoms with E-state index >= 15 is 0 Å². The van der Waals surface area contributed by atoms with Crippen LogP contribution in [0, 0.1) is 0 Å². The van der Waals surface area contributed by atoms with Crippen molar-refractivity contribution >= 4 is 23.2 Å². The molecule has 0 radical (unpaired) electrons. The number of hydrogen-bond donors (Lipinski definition) is 0. The van der Waals surface area contributed by atoms with Crippen molar-refractivity contribution < 1.29 is 13.2 Å². The zero-order valence-electron chi connectivity index (χ0n) is 13.0. The molecular weight excluding hydrogens is 341 g/mol. The predicted octanol–water partition coefficient (Wildman–Crippen LogP) is 3.86. The molecule has 0 amide bonds. The zero-order valence-corrected chi connectivity index (χ0v) is 13.7. The van der Waals surface area contributed by atoms with Gasteiger partial charge in [0.2, 0.25) is 0 Å². The van der Waals surface area contributed by atoms with Crippen LogP contribution in [0.3, 0.4) is 0 Å². The molecule has 1 saturated heterocycles. The number of alkyl halides is 3. The molecule has 0 saturated carbocycles. The quantitative estimate of drug-likeness (QED) is 0.817. The van der Waals surface area contributed by atoms with Crippen LogP contribution < -0.4 is 9.80 Å². The van der Waals surface area contributed by atoms with Crippen LogP contribution in [0.4, 0.5) is 24.8 Å². The maximum atomic E-state index is 12.8. The van der Waals surface area contributed by atoms with E-state index in [1.165, 1.54) is 6.07 Å². The molecule has 3 rings (SSSR count). The van der Waals surface area contributed by atoms with Gasteiger partial charge in [-0.3, -0.25) is 0 Å². The van der Waals surface area contributed by atoms with Crippen molar-refractivity contribution in [3.63, 3.8) is 0 Å². The maximum absolute atomic E-state index is 12.8. The minimum atomic E-state index is -4.44. The lowest BCUT2D eigenvalue weighted by Gasteiger charge is -2.41. The summed E-state index contributed by atoms with van der Waals surface area (Å²) < 4.78 is 38.5. The van der Waals surface area contributed by atoms with Crippen LogP contribution in [0.2, 0.25) is 5.02 Å². The van der Waals surface area contributed by atoms with Gasteiger partial charge in [-0.05, 0) is 31.2 Å². The second kappa shape index (κ2) is 6.47. The summed E-state index contributed by atoms with van der Waals surface area (Å²) in [6.45, 7) is 3.71. The molecule has 1 unspecified atom stereocenters. The molecule has 3 heterocycles. The topological polar surface area (TPSA) is 32.3 Å². The van der Waals surface area contributed by atoms with Gasteiger partial charge in [0, 0.05) is 31.9 Å². The third-order valence-corrected chi connectivity index (χ3v) is 4.28. The number of piperazine rings is 1. The van der Waals surface area contributed by atoms with Crippen LogP contribution in [0.15, 0.2) is 36.5 Å². The van der Waals surface area contributed by atoms with Crippen LogP contribution in [0.25, 0.3) is 0 Å². The summed E-state index contributed by atoms with van der Waals surface area (Å²) >= 11 is 6.17. The lowest BCUT2D eigenvalue weighted by Crippen LogP contribution is -2.52. The highest BCUT2D eigenvalue weighted by Crippen LogP contribution is 2.30. The Morgan fingerprint density at radius 2 is 1.96 bits per heavy atom. The second-order valence-electron chi connectivity index (χ2n) is 5.68. The van der Waals surface area contributed by atoms with E-state index in [1.54, 1.807) is 24.4 Å². The fourth-order valence-electron chi connectivity index (χ4n) is 2.84. The van der Waals surface area contributed by atoms with E-state index in [-0.39, 0.29) is 6.04 Å². The van der Waals surface area contributed by atoms with Crippen molar-refractivity contribution in [3.05, 3.63) is 47.2 Å². The Hall–Kier alpha value is -2.02. The number of aromatic nitrogens is 2. The summed E-state index contributed by atoms with van der Waals surface area (Å²) in [5.74, 6) is 1.03. The molecule has 0 aromatic carbocycles. The molecule has 2 aromatic rings. The molecule has 0 bridgehead atoms. The predicted molar refractivity (Wildman–Crippen MR) is 87.5 cm³/mol. The summed E-state index contributed by atoms with van der Waals surface area (Å²) in [7, 11) is 0. The Labute approximate surface area is 142 Å². The molecule has 1 aliphatic rings. The molecule has 1 atom stereocenters. The van der Waals surface area contributed by atoms with Crippen molar-refractivity contribution in [1.82, 2.24) is 9.97 Å². The maximum Gasteiger partial charge on any atom is 0.433 e. The first-order valence-corrected chi connectivity index (χ1v) is 7.90. The first kappa shape index (κ1) is 16.8. The van der Waals surface area contributed by atoms with Crippen LogP contribution in [0.5, 0.6) is 0 Å². The number of hydrogen-bond acceptors (Lipinski definition) is 4. The van der Waals surface area contributed by atoms with E-state index in [2.05, 4.69) is 9.97 Å². The van der Waals surface area contributed by atoms with E-state index in [0.717, 1.165) is 6.07 Å². The largest absolute Gasteiger partial charge is 0.433 e. The Bertz CT molecular complexity index is 722. The SMILES string of the molecule is CC1CN(c2ncccc2Cl)CCN1c1cccc(C(F)(F)F)n1. The van der Waals surface area contributed by atoms with Gasteiger partial charge in [0.05, 0.1) is 5.02 Å². The molecule has 0 aliphatic carbocycles. The summed E-state index contributed by atoms with van der Waals surface area (Å²) in [6.07, 6.45) is -2.77. The van der Waals surface area contributed by atoms with Gasteiger partial charge >= 0.3 is 6.18 Å². The van der Waals surface area contributed by atoms with Crippen LogP contribution in [-0.2, 0) is 6.18 Å². The minimum absolute atomic E-state index is 0.0205. The van der Waals surface area contributed by atoms with Crippen LogP contribution in [0.1, 0.15) is 12.6 Å². The Morgan fingerprint density at radius 3 is 2.62 bits per heavy atom. The van der Waals surface area contributed by atoms with Gasteiger partial charge in [0.25, 0.3) is 0 Å². The zero-order chi connectivity index (χ0) is 17.3. The number of pyridine rings is 2. The molecule has 0 N–H and O–H groups in total. The Balaban J connectivity index is 1.78. The van der Waals surface area contributed by atoms with Crippen LogP contribution >= 0.6 is 11.6 Å². The molecule has 2 aromatic heterocycles. The Kier molecular flexibility index (Phi) is 4.54. The smallest absolute Gasteiger partial charge is 0.352 e. The first-order chi connectivity index (χ1) is 11.4. The molecule has 4 nitrogen and oxygen atoms in total. The second-order valence-corrected chi connectivity index (χ2v) is 6.08. The standard InChI is InChI=1S/C16H16ClF3N4/c1-11-10-23(15-12(17)4-3-7-21-15)8-9-24(11)14-6-2-5-13(22-14)16(18,19)20/h2-7,11H,8-10H2,1H3. The van der Waals surface area contributed by atoms with E-state index in [1.807, 2.05) is 16.7 Å². The molecule has 128 valence electrons. The molecule has 1 aliphatic heterocycles. The highest BCUT2D eigenvalue weighted by Gasteiger charge is 2.34. The fraction of sp³-hybridized carbons (Fsp3) is 0.375. The molecular formula is C16H16ClF3N4. The lowest BCUT2D eigenvalue weighted by atomic mass is 10.2. The number of halogens is 4. The summed E-state index contributed by atoms with van der Waals surface area (Å²) in [5, 5.41) is 0.565. The highest BCUT2D eigenvalue weighted by atomic mass is 35.5. The fourth-order valence-corrected chi connectivity index (χ4v) is 3.08. The monoisotopic (exact) mass is 356 g/mol. The van der Waals surface area contributed by atoms with Crippen molar-refractivity contribution in [2.24, 2.45) is 0 Å². The van der Waals surface area contributed by atoms with Crippen molar-refractivity contribution in [2.75, 3.05) is 29.4 Å². The molecule has 24 heavy (non-hydrogen) atoms. The van der Waals surface area contributed by atoms with Gasteiger partial charge in [0.15, 0.2) is 0 Å². The van der Waals surface area contributed by atoms with E-state index in [4.69, 9.17) is 11.6 Å². The van der Waals surface area contributed by atoms with E-state index in [9.17, 15) is 13.2 Å². The third-order valence-electron chi connectivity index (χ3n) is 3.99. The van der Waals surface area contributed by atoms with Gasteiger partial charge in [0.1, 0.15) is 17.3 Å². The number of rotatable bonds is 2. The average molecular weight is 357 g/mol. The van der Waals surface area contributed by atoms with Gasteiger partial charge in [-0.15, -0.1) is 0 Å². The van der Waals surface area contributed by atoms with E-state index < -0.39 is 11.9 Å². The van der Waals surface area contributed by atoms with E-state index in [0.29, 0.717) is 36.3 Å². The number of anilines is 2. The van der Waals surface area contributed by atoms with Gasteiger partial charge in [-0.25, -0.2) is 9.97 Å². The molecule has 1 fully saturated rings. The summed E-state index contributed by atoms with van der Waals surface area (Å²) in [5.41, 5.74) is -0.873. The van der Waals surface area contributed by atoms with Crippen molar-refractivity contribution in [3.8, 4) is 0 Å². The minimum Gasteiger partial charge on any atom is -0.352 e. The van der Waals surface area contributed by atoms with Gasteiger partial charge in [-0.2, -0.15) is 13.2 Å². The molecule has 8 heteroatoms. The third kappa shape index (κ3) is 3.40. The van der Waals surface area contributed by atoms with Gasteiger partial charge < -0.3 is 9.80 Å². The summed E-state index contributed by atoms with van der Waals surface area (Å²) in [4.78, 5) is 12.0. The van der Waals surface area contributed by atoms with Crippen molar-refractivity contribution in [2.45, 2.75) is 19.1 Å². The number of nitrogens with zero attached hydrogens (tertiary/aromatic N) is 4. The van der Waals surface area contributed by atoms with Gasteiger partial charge in [-0.1, -0.05) is 17.7 Å². The lowest BCUT2D eigenvalue weighted by molar-refractivity contribution is -0.141. The Morgan fingerprint density at radius 1 is 1.17 bits per heavy atom. The average Bonchev–Trinajstić information content (AvgIpc) is 2.54. The molecule has 0 spiro atoms. The first-order valence-electron chi connectivity index (χ1n) is 7.52. The van der Waals surface area contributed by atoms with Crippen molar-refractivity contribution in [1.29, 1.82) is 0 Å². The van der Waals surface area contributed by atoms with Crippen LogP contribution in [-0.4, -0.2) is 35.6 Å². The normalized spacial score (nSPS) is 18.8. The summed E-state index contributed by atoms with van der Waals surface area (Å²) in [6, 6.07) is 7.49.